The lowest BCUT2D eigenvalue weighted by molar-refractivity contribution is -0.109. The van der Waals surface area contributed by atoms with Crippen molar-refractivity contribution in [3.63, 3.8) is 0 Å². The topological polar surface area (TPSA) is 57.5 Å². The van der Waals surface area contributed by atoms with Gasteiger partial charge in [-0.15, -0.1) is 0 Å². The van der Waals surface area contributed by atoms with E-state index in [0.29, 0.717) is 29.4 Å². The molecule has 0 bridgehead atoms. The van der Waals surface area contributed by atoms with Crippen LogP contribution in [0.3, 0.4) is 0 Å². The van der Waals surface area contributed by atoms with Gasteiger partial charge in [0.2, 0.25) is 0 Å². The van der Waals surface area contributed by atoms with Crippen molar-refractivity contribution in [2.75, 3.05) is 5.75 Å². The molecule has 0 radical (unpaired) electrons. The molecule has 2 saturated carbocycles. The third-order valence-corrected chi connectivity index (χ3v) is 10.2. The van der Waals surface area contributed by atoms with E-state index < -0.39 is 0 Å². The lowest BCUT2D eigenvalue weighted by atomic mass is 9.51. The van der Waals surface area contributed by atoms with E-state index in [4.69, 9.17) is 0 Å². The van der Waals surface area contributed by atoms with E-state index >= 15 is 0 Å². The first kappa shape index (κ1) is 25.1. The Kier molecular flexibility index (Phi) is 8.49. The molecule has 4 heteroatoms. The number of phenols is 1. The number of aliphatic hydroxyl groups is 1. The van der Waals surface area contributed by atoms with Crippen LogP contribution in [0.25, 0.3) is 0 Å². The molecule has 0 saturated heterocycles. The summed E-state index contributed by atoms with van der Waals surface area (Å²) >= 11 is 1.46. The molecule has 0 aliphatic heterocycles. The Bertz CT molecular complexity index is 808. The van der Waals surface area contributed by atoms with Crippen LogP contribution in [0.4, 0.5) is 0 Å². The maximum Gasteiger partial charge on any atom is 0.185 e. The highest BCUT2D eigenvalue weighted by atomic mass is 32.2. The lowest BCUT2D eigenvalue weighted by Gasteiger charge is -2.54. The van der Waals surface area contributed by atoms with E-state index in [1.54, 1.807) is 6.92 Å². The molecule has 2 fully saturated rings. The van der Waals surface area contributed by atoms with E-state index in [1.807, 2.05) is 12.1 Å². The summed E-state index contributed by atoms with van der Waals surface area (Å²) in [4.78, 5) is 11.0. The first-order chi connectivity index (χ1) is 15.9. The number of hydrogen-bond donors (Lipinski definition) is 2. The van der Waals surface area contributed by atoms with Crippen molar-refractivity contribution in [2.24, 2.45) is 23.2 Å². The summed E-state index contributed by atoms with van der Waals surface area (Å²) in [6.07, 6.45) is 15.7. The fourth-order valence-corrected chi connectivity index (χ4v) is 8.37. The van der Waals surface area contributed by atoms with Crippen LogP contribution in [0.1, 0.15) is 108 Å². The number of aryl methyl sites for hydroxylation is 1. The summed E-state index contributed by atoms with van der Waals surface area (Å²) < 4.78 is 0. The standard InChI is InChI=1S/C29H44O3S/c1-20(30)33-17-9-7-5-3-4-6-8-10-22-19-29(2)26(15-16-27(29)32)25-13-11-21-18-23(31)12-14-24(21)28(22)25/h12,14,18,22,25-28,31-32H,3-11,13,15-17,19H2,1-2H3/t22-,25-,26-,27-,28+,29-/m0/s1. The van der Waals surface area contributed by atoms with Crippen molar-refractivity contribution in [1.29, 1.82) is 0 Å². The van der Waals surface area contributed by atoms with Crippen LogP contribution in [-0.2, 0) is 11.2 Å². The number of aliphatic hydroxyl groups excluding tert-OH is 1. The minimum Gasteiger partial charge on any atom is -0.508 e. The van der Waals surface area contributed by atoms with Gasteiger partial charge in [-0.1, -0.05) is 63.3 Å². The number of fused-ring (bicyclic) bond motifs is 5. The highest BCUT2D eigenvalue weighted by Crippen LogP contribution is 2.63. The van der Waals surface area contributed by atoms with Crippen LogP contribution in [0, 0.1) is 23.2 Å². The molecule has 3 aliphatic carbocycles. The Hall–Kier alpha value is -1.00. The number of thioether (sulfide) groups is 1. The highest BCUT2D eigenvalue weighted by Gasteiger charge is 2.57. The summed E-state index contributed by atoms with van der Waals surface area (Å²) in [6.45, 7) is 4.04. The maximum absolute atomic E-state index is 11.0. The number of benzene rings is 1. The molecule has 4 rings (SSSR count). The van der Waals surface area contributed by atoms with Gasteiger partial charge in [-0.2, -0.15) is 0 Å². The quantitative estimate of drug-likeness (QED) is 0.353. The van der Waals surface area contributed by atoms with Crippen LogP contribution in [0.2, 0.25) is 0 Å². The van der Waals surface area contributed by atoms with Gasteiger partial charge < -0.3 is 10.2 Å². The zero-order valence-corrected chi connectivity index (χ0v) is 21.5. The normalized spacial score (nSPS) is 32.8. The second kappa shape index (κ2) is 11.2. The number of carbonyl (C=O) groups is 1. The zero-order valence-electron chi connectivity index (χ0n) is 20.7. The average Bonchev–Trinajstić information content (AvgIpc) is 3.08. The lowest BCUT2D eigenvalue weighted by Crippen LogP contribution is -2.47. The third-order valence-electron chi connectivity index (χ3n) is 9.30. The van der Waals surface area contributed by atoms with Crippen molar-refractivity contribution >= 4 is 16.9 Å². The predicted molar refractivity (Wildman–Crippen MR) is 138 cm³/mol. The summed E-state index contributed by atoms with van der Waals surface area (Å²) in [5.74, 6) is 3.98. The fourth-order valence-electron chi connectivity index (χ4n) is 7.74. The monoisotopic (exact) mass is 472 g/mol. The molecule has 3 nitrogen and oxygen atoms in total. The largest absolute Gasteiger partial charge is 0.508 e. The first-order valence-electron chi connectivity index (χ1n) is 13.5. The Morgan fingerprint density at radius 3 is 2.55 bits per heavy atom. The average molecular weight is 473 g/mol. The van der Waals surface area contributed by atoms with Gasteiger partial charge in [0.15, 0.2) is 5.12 Å². The molecule has 184 valence electrons. The molecular formula is C29H44O3S. The van der Waals surface area contributed by atoms with Gasteiger partial charge in [0.25, 0.3) is 0 Å². The minimum absolute atomic E-state index is 0.0954. The molecule has 0 unspecified atom stereocenters. The fraction of sp³-hybridized carbons (Fsp3) is 0.759. The van der Waals surface area contributed by atoms with Gasteiger partial charge in [0, 0.05) is 12.7 Å². The van der Waals surface area contributed by atoms with E-state index in [2.05, 4.69) is 13.0 Å². The van der Waals surface area contributed by atoms with E-state index in [9.17, 15) is 15.0 Å². The SMILES string of the molecule is CC(=O)SCCCCCCCCC[C@H]1C[C@]2(C)[C@@H](O)CC[C@H]2[C@@H]2CCc3cc(O)ccc3[C@@H]12. The van der Waals surface area contributed by atoms with Crippen LogP contribution in [0.5, 0.6) is 5.75 Å². The molecular weight excluding hydrogens is 428 g/mol. The van der Waals surface area contributed by atoms with E-state index in [0.717, 1.165) is 31.4 Å². The molecule has 1 aromatic rings. The van der Waals surface area contributed by atoms with Gasteiger partial charge in [-0.25, -0.2) is 0 Å². The van der Waals surface area contributed by atoms with Crippen molar-refractivity contribution in [3.8, 4) is 5.75 Å². The summed E-state index contributed by atoms with van der Waals surface area (Å²) in [5.41, 5.74) is 2.96. The van der Waals surface area contributed by atoms with E-state index in [1.165, 1.54) is 80.7 Å². The maximum atomic E-state index is 11.0. The number of unbranched alkanes of at least 4 members (excludes halogenated alkanes) is 6. The van der Waals surface area contributed by atoms with Gasteiger partial charge in [0.1, 0.15) is 5.75 Å². The zero-order chi connectivity index (χ0) is 23.4. The molecule has 0 aromatic heterocycles. The number of phenolic OH excluding ortho intramolecular Hbond substituents is 1. The summed E-state index contributed by atoms with van der Waals surface area (Å²) in [7, 11) is 0. The molecule has 0 spiro atoms. The van der Waals surface area contributed by atoms with Crippen molar-refractivity contribution in [3.05, 3.63) is 29.3 Å². The Morgan fingerprint density at radius 2 is 1.79 bits per heavy atom. The van der Waals surface area contributed by atoms with Crippen molar-refractivity contribution < 1.29 is 15.0 Å². The summed E-state index contributed by atoms with van der Waals surface area (Å²) in [5, 5.41) is 21.2. The third kappa shape index (κ3) is 5.64. The predicted octanol–water partition coefficient (Wildman–Crippen LogP) is 7.24. The summed E-state index contributed by atoms with van der Waals surface area (Å²) in [6, 6.07) is 6.12. The van der Waals surface area contributed by atoms with Gasteiger partial charge in [0.05, 0.1) is 6.10 Å². The molecule has 2 N–H and O–H groups in total. The van der Waals surface area contributed by atoms with Crippen LogP contribution in [0.15, 0.2) is 18.2 Å². The smallest absolute Gasteiger partial charge is 0.185 e. The molecule has 0 amide bonds. The van der Waals surface area contributed by atoms with Gasteiger partial charge in [-0.05, 0) is 97.3 Å². The number of carbonyl (C=O) groups excluding carboxylic acids is 1. The molecule has 1 aromatic carbocycles. The van der Waals surface area contributed by atoms with Crippen LogP contribution >= 0.6 is 11.8 Å². The number of aromatic hydroxyl groups is 1. The Balaban J connectivity index is 1.32. The Morgan fingerprint density at radius 1 is 1.06 bits per heavy atom. The van der Waals surface area contributed by atoms with Crippen molar-refractivity contribution in [1.82, 2.24) is 0 Å². The highest BCUT2D eigenvalue weighted by molar-refractivity contribution is 8.13. The number of hydrogen-bond acceptors (Lipinski definition) is 4. The van der Waals surface area contributed by atoms with E-state index in [-0.39, 0.29) is 16.6 Å². The van der Waals surface area contributed by atoms with Gasteiger partial charge >= 0.3 is 0 Å². The van der Waals surface area contributed by atoms with Gasteiger partial charge in [-0.3, -0.25) is 4.79 Å². The van der Waals surface area contributed by atoms with Crippen LogP contribution in [-0.4, -0.2) is 27.2 Å². The minimum atomic E-state index is -0.131. The number of rotatable bonds is 10. The second-order valence-electron chi connectivity index (χ2n) is 11.4. The second-order valence-corrected chi connectivity index (χ2v) is 12.7. The molecule has 0 heterocycles. The first-order valence-corrected chi connectivity index (χ1v) is 14.5. The molecule has 3 aliphatic rings. The molecule has 6 atom stereocenters. The Labute approximate surface area is 205 Å². The van der Waals surface area contributed by atoms with Crippen LogP contribution < -0.4 is 0 Å². The van der Waals surface area contributed by atoms with Crippen molar-refractivity contribution in [2.45, 2.75) is 109 Å². The molecule has 33 heavy (non-hydrogen) atoms.